The standard InChI is InChI=1S/C20H15FN4O4/c21-18-7-6-16(10-19(18)25(27)28)24(13-22)12-14-3-1-4-15(9-14)20(26)23-11-17-5-2-8-29-17/h1-10H,11-12H2,(H,23,26). The topological polar surface area (TPSA) is 112 Å². The fraction of sp³-hybridized carbons (Fsp3) is 0.100. The summed E-state index contributed by atoms with van der Waals surface area (Å²) >= 11 is 0. The number of carbonyl (C=O) groups is 1. The van der Waals surface area contributed by atoms with Crippen LogP contribution in [0.15, 0.2) is 65.3 Å². The summed E-state index contributed by atoms with van der Waals surface area (Å²) in [6.07, 6.45) is 3.43. The molecule has 1 N–H and O–H groups in total. The number of halogens is 1. The summed E-state index contributed by atoms with van der Waals surface area (Å²) < 4.78 is 18.7. The molecule has 0 unspecified atom stereocenters. The van der Waals surface area contributed by atoms with Crippen LogP contribution in [0.1, 0.15) is 21.7 Å². The van der Waals surface area contributed by atoms with Crippen molar-refractivity contribution in [3.05, 3.63) is 93.7 Å². The predicted molar refractivity (Wildman–Crippen MR) is 101 cm³/mol. The van der Waals surface area contributed by atoms with E-state index in [1.807, 2.05) is 6.19 Å². The van der Waals surface area contributed by atoms with Crippen molar-refractivity contribution in [1.82, 2.24) is 5.32 Å². The van der Waals surface area contributed by atoms with Gasteiger partial charge in [-0.05, 0) is 42.0 Å². The number of nitrogens with zero attached hydrogens (tertiary/aromatic N) is 3. The molecule has 0 atom stereocenters. The van der Waals surface area contributed by atoms with Gasteiger partial charge in [-0.1, -0.05) is 12.1 Å². The summed E-state index contributed by atoms with van der Waals surface area (Å²) in [5, 5.41) is 23.1. The van der Waals surface area contributed by atoms with Crippen LogP contribution in [0.4, 0.5) is 15.8 Å². The number of rotatable bonds is 7. The normalized spacial score (nSPS) is 10.2. The number of hydrogen-bond donors (Lipinski definition) is 1. The van der Waals surface area contributed by atoms with E-state index in [4.69, 9.17) is 4.42 Å². The molecule has 9 heteroatoms. The molecule has 0 aliphatic rings. The maximum absolute atomic E-state index is 13.5. The Labute approximate surface area is 164 Å². The second-order valence-corrected chi connectivity index (χ2v) is 6.04. The van der Waals surface area contributed by atoms with Gasteiger partial charge in [0.25, 0.3) is 5.91 Å². The minimum absolute atomic E-state index is 0.0542. The molecule has 0 aliphatic heterocycles. The highest BCUT2D eigenvalue weighted by atomic mass is 19.1. The number of carbonyl (C=O) groups excluding carboxylic acids is 1. The molecular formula is C20H15FN4O4. The number of nitro groups is 1. The average Bonchev–Trinajstić information content (AvgIpc) is 3.24. The van der Waals surface area contributed by atoms with Crippen LogP contribution >= 0.6 is 0 Å². The third kappa shape index (κ3) is 4.75. The maximum atomic E-state index is 13.5. The molecule has 8 nitrogen and oxygen atoms in total. The van der Waals surface area contributed by atoms with E-state index < -0.39 is 16.4 Å². The molecule has 29 heavy (non-hydrogen) atoms. The zero-order chi connectivity index (χ0) is 20.8. The molecule has 1 aromatic heterocycles. The van der Waals surface area contributed by atoms with Crippen LogP contribution in [0.5, 0.6) is 0 Å². The minimum atomic E-state index is -0.980. The van der Waals surface area contributed by atoms with Gasteiger partial charge in [0.1, 0.15) is 5.76 Å². The van der Waals surface area contributed by atoms with E-state index >= 15 is 0 Å². The first-order valence-corrected chi connectivity index (χ1v) is 8.48. The number of nitrogens with one attached hydrogen (secondary N) is 1. The summed E-state index contributed by atoms with van der Waals surface area (Å²) in [5.74, 6) is -0.681. The molecule has 0 spiro atoms. The second-order valence-electron chi connectivity index (χ2n) is 6.04. The van der Waals surface area contributed by atoms with Crippen LogP contribution in [0.3, 0.4) is 0 Å². The molecule has 1 amide bonds. The number of anilines is 1. The van der Waals surface area contributed by atoms with Crippen LogP contribution < -0.4 is 10.2 Å². The van der Waals surface area contributed by atoms with Gasteiger partial charge in [-0.3, -0.25) is 19.8 Å². The van der Waals surface area contributed by atoms with Crippen LogP contribution in [-0.2, 0) is 13.1 Å². The Kier molecular flexibility index (Phi) is 5.85. The van der Waals surface area contributed by atoms with E-state index in [9.17, 15) is 24.6 Å². The largest absolute Gasteiger partial charge is 0.467 e. The van der Waals surface area contributed by atoms with E-state index in [0.29, 0.717) is 16.9 Å². The minimum Gasteiger partial charge on any atom is -0.467 e. The molecular weight excluding hydrogens is 379 g/mol. The summed E-state index contributed by atoms with van der Waals surface area (Å²) in [7, 11) is 0. The summed E-state index contributed by atoms with van der Waals surface area (Å²) in [5.41, 5.74) is 0.475. The Morgan fingerprint density at radius 1 is 1.24 bits per heavy atom. The lowest BCUT2D eigenvalue weighted by Crippen LogP contribution is -2.23. The van der Waals surface area contributed by atoms with Crippen LogP contribution in [0, 0.1) is 27.4 Å². The fourth-order valence-electron chi connectivity index (χ4n) is 2.67. The molecule has 0 bridgehead atoms. The van der Waals surface area contributed by atoms with Gasteiger partial charge in [-0.2, -0.15) is 9.65 Å². The van der Waals surface area contributed by atoms with Gasteiger partial charge in [0.2, 0.25) is 5.82 Å². The van der Waals surface area contributed by atoms with Crippen molar-refractivity contribution >= 4 is 17.3 Å². The highest BCUT2D eigenvalue weighted by molar-refractivity contribution is 5.94. The van der Waals surface area contributed by atoms with Gasteiger partial charge in [0.15, 0.2) is 6.19 Å². The van der Waals surface area contributed by atoms with Crippen molar-refractivity contribution < 1.29 is 18.5 Å². The predicted octanol–water partition coefficient (Wildman–Crippen LogP) is 3.74. The molecule has 0 radical (unpaired) electrons. The number of amides is 1. The number of nitro benzene ring substituents is 1. The SMILES string of the molecule is N#CN(Cc1cccc(C(=O)NCc2ccco2)c1)c1ccc(F)c([N+](=O)[O-])c1. The van der Waals surface area contributed by atoms with E-state index in [1.54, 1.807) is 36.4 Å². The zero-order valence-electron chi connectivity index (χ0n) is 15.0. The van der Waals surface area contributed by atoms with Gasteiger partial charge < -0.3 is 9.73 Å². The lowest BCUT2D eigenvalue weighted by molar-refractivity contribution is -0.387. The molecule has 0 aliphatic carbocycles. The van der Waals surface area contributed by atoms with Crippen molar-refractivity contribution in [2.75, 3.05) is 4.90 Å². The van der Waals surface area contributed by atoms with E-state index in [1.165, 1.54) is 17.2 Å². The molecule has 3 aromatic rings. The van der Waals surface area contributed by atoms with Gasteiger partial charge in [0.05, 0.1) is 30.0 Å². The van der Waals surface area contributed by atoms with Crippen LogP contribution in [-0.4, -0.2) is 10.8 Å². The molecule has 2 aromatic carbocycles. The van der Waals surface area contributed by atoms with Gasteiger partial charge in [-0.25, -0.2) is 0 Å². The Hall–Kier alpha value is -4.19. The third-order valence-electron chi connectivity index (χ3n) is 4.09. The third-order valence-corrected chi connectivity index (χ3v) is 4.09. The first-order chi connectivity index (χ1) is 14.0. The number of nitriles is 1. The van der Waals surface area contributed by atoms with E-state index in [2.05, 4.69) is 5.32 Å². The zero-order valence-corrected chi connectivity index (χ0v) is 15.0. The molecule has 3 rings (SSSR count). The van der Waals surface area contributed by atoms with Crippen LogP contribution in [0.25, 0.3) is 0 Å². The Morgan fingerprint density at radius 2 is 2.07 bits per heavy atom. The molecule has 0 saturated heterocycles. The molecule has 0 saturated carbocycles. The van der Waals surface area contributed by atoms with Crippen molar-refractivity contribution in [2.45, 2.75) is 13.1 Å². The molecule has 146 valence electrons. The van der Waals surface area contributed by atoms with E-state index in [0.717, 1.165) is 12.1 Å². The lowest BCUT2D eigenvalue weighted by atomic mass is 10.1. The quantitative estimate of drug-likeness (QED) is 0.283. The maximum Gasteiger partial charge on any atom is 0.306 e. The Balaban J connectivity index is 1.74. The number of hydrogen-bond acceptors (Lipinski definition) is 6. The highest BCUT2D eigenvalue weighted by Gasteiger charge is 2.18. The Bertz CT molecular complexity index is 1080. The van der Waals surface area contributed by atoms with Gasteiger partial charge >= 0.3 is 5.69 Å². The van der Waals surface area contributed by atoms with Gasteiger partial charge in [0, 0.05) is 11.6 Å². The monoisotopic (exact) mass is 394 g/mol. The Morgan fingerprint density at radius 3 is 2.76 bits per heavy atom. The first-order valence-electron chi connectivity index (χ1n) is 8.48. The summed E-state index contributed by atoms with van der Waals surface area (Å²) in [4.78, 5) is 23.6. The molecule has 0 fully saturated rings. The van der Waals surface area contributed by atoms with E-state index in [-0.39, 0.29) is 24.7 Å². The van der Waals surface area contributed by atoms with Crippen molar-refractivity contribution in [1.29, 1.82) is 5.26 Å². The highest BCUT2D eigenvalue weighted by Crippen LogP contribution is 2.25. The average molecular weight is 394 g/mol. The van der Waals surface area contributed by atoms with Gasteiger partial charge in [-0.15, -0.1) is 0 Å². The smallest absolute Gasteiger partial charge is 0.306 e. The summed E-state index contributed by atoms with van der Waals surface area (Å²) in [6.45, 7) is 0.290. The molecule has 1 heterocycles. The number of benzene rings is 2. The number of furan rings is 1. The van der Waals surface area contributed by atoms with Crippen molar-refractivity contribution in [2.24, 2.45) is 0 Å². The summed E-state index contributed by atoms with van der Waals surface area (Å²) in [6, 6.07) is 13.3. The van der Waals surface area contributed by atoms with Crippen molar-refractivity contribution in [3.8, 4) is 6.19 Å². The van der Waals surface area contributed by atoms with Crippen LogP contribution in [0.2, 0.25) is 0 Å². The first kappa shape index (κ1) is 19.6. The second kappa shape index (κ2) is 8.67. The lowest BCUT2D eigenvalue weighted by Gasteiger charge is -2.16. The fourth-order valence-corrected chi connectivity index (χ4v) is 2.67. The van der Waals surface area contributed by atoms with Crippen molar-refractivity contribution in [3.63, 3.8) is 0 Å².